The van der Waals surface area contributed by atoms with E-state index in [1.807, 2.05) is 0 Å². The molecule has 2 N–H and O–H groups in total. The fraction of sp³-hybridized carbons (Fsp3) is 0.0556. The number of benzene rings is 3. The molecule has 0 aromatic heterocycles. The maximum Gasteiger partial charge on any atom is 0.363 e. The molecule has 0 spiro atoms. The van der Waals surface area contributed by atoms with E-state index in [9.17, 15) is 35.7 Å². The molecule has 1 atom stereocenters. The number of hydrogen-bond donors (Lipinski definition) is 2. The van der Waals surface area contributed by atoms with Crippen LogP contribution in [0.2, 0.25) is 0 Å². The van der Waals surface area contributed by atoms with E-state index in [4.69, 9.17) is 9.79 Å². The van der Waals surface area contributed by atoms with Crippen molar-refractivity contribution in [3.63, 3.8) is 0 Å². The molecule has 158 valence electrons. The van der Waals surface area contributed by atoms with E-state index in [1.54, 1.807) is 0 Å². The van der Waals surface area contributed by atoms with E-state index in [1.165, 1.54) is 12.1 Å². The van der Waals surface area contributed by atoms with Gasteiger partial charge >= 0.3 is 13.6 Å². The van der Waals surface area contributed by atoms with Crippen molar-refractivity contribution in [2.75, 3.05) is 0 Å². The quantitative estimate of drug-likeness (QED) is 0.148. The van der Waals surface area contributed by atoms with Crippen molar-refractivity contribution in [3.8, 4) is 5.75 Å². The molecule has 0 saturated carbocycles. The molecule has 0 heterocycles. The number of ether oxygens (including phenoxy) is 1. The Labute approximate surface area is 163 Å². The molecule has 3 rings (SSSR count). The van der Waals surface area contributed by atoms with Gasteiger partial charge in [-0.1, -0.05) is 18.2 Å². The molecule has 0 aliphatic carbocycles. The second-order valence-electron chi connectivity index (χ2n) is 6.03. The van der Waals surface area contributed by atoms with Crippen LogP contribution in [0.25, 0.3) is 10.8 Å². The van der Waals surface area contributed by atoms with Crippen molar-refractivity contribution in [2.24, 2.45) is 0 Å². The molecule has 12 heteroatoms. The number of halogens is 6. The van der Waals surface area contributed by atoms with Gasteiger partial charge in [-0.25, -0.2) is 22.4 Å². The van der Waals surface area contributed by atoms with Crippen molar-refractivity contribution in [1.82, 2.24) is 0 Å². The highest BCUT2D eigenvalue weighted by Gasteiger charge is 2.31. The lowest BCUT2D eigenvalue weighted by molar-refractivity contribution is 0.0716. The number of carbonyl (C=O) groups excluding carboxylic acids is 1. The van der Waals surface area contributed by atoms with Crippen LogP contribution in [0.5, 0.6) is 5.75 Å². The van der Waals surface area contributed by atoms with Crippen LogP contribution in [0, 0.1) is 29.1 Å². The highest BCUT2D eigenvalue weighted by atomic mass is 31.2. The summed E-state index contributed by atoms with van der Waals surface area (Å²) in [5.41, 5.74) is -0.809. The average Bonchev–Trinajstić information content (AvgIpc) is 2.71. The van der Waals surface area contributed by atoms with E-state index in [2.05, 4.69) is 4.74 Å². The molecule has 0 radical (unpaired) electrons. The molecule has 0 bridgehead atoms. The number of rotatable bonds is 4. The molecular formula is C18H9F6O5P. The third kappa shape index (κ3) is 3.91. The number of carbonyl (C=O) groups is 1. The monoisotopic (exact) mass is 450 g/mol. The van der Waals surface area contributed by atoms with Gasteiger partial charge < -0.3 is 14.5 Å². The Morgan fingerprint density at radius 3 is 1.93 bits per heavy atom. The fourth-order valence-electron chi connectivity index (χ4n) is 2.56. The number of hydrogen-bond acceptors (Lipinski definition) is 3. The Hall–Kier alpha value is -2.88. The second-order valence-corrected chi connectivity index (χ2v) is 7.67. The van der Waals surface area contributed by atoms with E-state index in [0.29, 0.717) is 5.39 Å². The van der Waals surface area contributed by atoms with E-state index in [-0.39, 0.29) is 5.39 Å². The normalized spacial score (nSPS) is 12.8. The number of fused-ring (bicyclic) bond motifs is 1. The lowest BCUT2D eigenvalue weighted by Crippen LogP contribution is -2.13. The first-order valence-electron chi connectivity index (χ1n) is 7.88. The predicted molar refractivity (Wildman–Crippen MR) is 91.0 cm³/mol. The maximum absolute atomic E-state index is 13.9. The zero-order valence-corrected chi connectivity index (χ0v) is 15.3. The molecule has 1 unspecified atom stereocenters. The highest BCUT2D eigenvalue weighted by molar-refractivity contribution is 7.51. The summed E-state index contributed by atoms with van der Waals surface area (Å²) in [4.78, 5) is 30.0. The van der Waals surface area contributed by atoms with Crippen molar-refractivity contribution in [1.29, 1.82) is 0 Å². The van der Waals surface area contributed by atoms with Gasteiger partial charge in [0.2, 0.25) is 40.7 Å². The zero-order chi connectivity index (χ0) is 22.4. The first-order chi connectivity index (χ1) is 13.9. The smallest absolute Gasteiger partial charge is 0.363 e. The van der Waals surface area contributed by atoms with Crippen LogP contribution in [0.1, 0.15) is 21.8 Å². The third-order valence-corrected chi connectivity index (χ3v) is 4.92. The van der Waals surface area contributed by atoms with Crippen LogP contribution in [0.3, 0.4) is 0 Å². The van der Waals surface area contributed by atoms with Crippen LogP contribution in [-0.2, 0) is 4.57 Å². The minimum atomic E-state index is -5.10. The Kier molecular flexibility index (Phi) is 5.64. The first-order valence-corrected chi connectivity index (χ1v) is 9.56. The molecule has 0 fully saturated rings. The highest BCUT2D eigenvalue weighted by Crippen LogP contribution is 2.52. The SMILES string of the molecule is O=C(Oc1c(F)c(F)c(F)c(F)c1F)c1ccc2ccc(C(F)P(=O)(O)O)cc2c1. The fourth-order valence-corrected chi connectivity index (χ4v) is 3.11. The Balaban J connectivity index is 1.99. The van der Waals surface area contributed by atoms with Crippen molar-refractivity contribution in [2.45, 2.75) is 5.91 Å². The summed E-state index contributed by atoms with van der Waals surface area (Å²) in [7, 11) is -5.10. The molecule has 0 aliphatic heterocycles. The topological polar surface area (TPSA) is 83.8 Å². The van der Waals surface area contributed by atoms with Gasteiger partial charge in [0.25, 0.3) is 0 Å². The zero-order valence-electron chi connectivity index (χ0n) is 14.4. The molecule has 5 nitrogen and oxygen atoms in total. The van der Waals surface area contributed by atoms with Crippen molar-refractivity contribution in [3.05, 3.63) is 76.6 Å². The van der Waals surface area contributed by atoms with Crippen LogP contribution in [-0.4, -0.2) is 15.8 Å². The summed E-state index contributed by atoms with van der Waals surface area (Å²) in [5, 5.41) is 0.486. The van der Waals surface area contributed by atoms with Gasteiger partial charge in [0.15, 0.2) is 0 Å². The van der Waals surface area contributed by atoms with Crippen LogP contribution < -0.4 is 4.74 Å². The molecule has 0 aliphatic rings. The van der Waals surface area contributed by atoms with Gasteiger partial charge in [0.1, 0.15) is 0 Å². The van der Waals surface area contributed by atoms with E-state index >= 15 is 0 Å². The summed E-state index contributed by atoms with van der Waals surface area (Å²) in [5.74, 6) is -17.6. The van der Waals surface area contributed by atoms with Gasteiger partial charge in [0, 0.05) is 0 Å². The van der Waals surface area contributed by atoms with E-state index < -0.39 is 65.4 Å². The molecule has 30 heavy (non-hydrogen) atoms. The Bertz CT molecular complexity index is 1200. The predicted octanol–water partition coefficient (Wildman–Crippen LogP) is 4.90. The van der Waals surface area contributed by atoms with Crippen molar-refractivity contribution < 1.29 is 50.2 Å². The lowest BCUT2D eigenvalue weighted by Gasteiger charge is -2.12. The van der Waals surface area contributed by atoms with E-state index in [0.717, 1.165) is 24.3 Å². The average molecular weight is 450 g/mol. The number of alkyl halides is 1. The first kappa shape index (κ1) is 21.8. The summed E-state index contributed by atoms with van der Waals surface area (Å²) >= 11 is 0. The third-order valence-electron chi connectivity index (χ3n) is 4.03. The van der Waals surface area contributed by atoms with Crippen LogP contribution in [0.4, 0.5) is 26.3 Å². The van der Waals surface area contributed by atoms with Crippen LogP contribution >= 0.6 is 7.60 Å². The molecule has 3 aromatic carbocycles. The summed E-state index contributed by atoms with van der Waals surface area (Å²) < 4.78 is 96.1. The Morgan fingerprint density at radius 1 is 0.833 bits per heavy atom. The minimum absolute atomic E-state index is 0.0930. The largest absolute Gasteiger partial charge is 0.416 e. The molecule has 0 amide bonds. The van der Waals surface area contributed by atoms with Gasteiger partial charge in [0.05, 0.1) is 5.56 Å². The summed E-state index contributed by atoms with van der Waals surface area (Å²) in [6.07, 6.45) is 0. The lowest BCUT2D eigenvalue weighted by atomic mass is 10.0. The number of esters is 1. The summed E-state index contributed by atoms with van der Waals surface area (Å²) in [6.45, 7) is 0. The van der Waals surface area contributed by atoms with Gasteiger partial charge in [-0.05, 0) is 34.5 Å². The van der Waals surface area contributed by atoms with Gasteiger partial charge in [-0.2, -0.15) is 8.78 Å². The standard InChI is InChI=1S/C18H9F6O5P/c19-11-12(20)14(22)16(15(23)13(11)21)29-18(25)9-4-2-7-1-3-8(5-10(7)6-9)17(24)30(26,27)28/h1-6,17H,(H2,26,27,28). The Morgan fingerprint density at radius 2 is 1.37 bits per heavy atom. The van der Waals surface area contributed by atoms with Crippen LogP contribution in [0.15, 0.2) is 36.4 Å². The van der Waals surface area contributed by atoms with Gasteiger partial charge in [-0.15, -0.1) is 0 Å². The second kappa shape index (κ2) is 7.75. The minimum Gasteiger partial charge on any atom is -0.416 e. The molecule has 3 aromatic rings. The molecular weight excluding hydrogens is 441 g/mol. The van der Waals surface area contributed by atoms with Crippen molar-refractivity contribution >= 4 is 24.3 Å². The van der Waals surface area contributed by atoms with Gasteiger partial charge in [-0.3, -0.25) is 4.57 Å². The maximum atomic E-state index is 13.9. The molecule has 0 saturated heterocycles. The summed E-state index contributed by atoms with van der Waals surface area (Å²) in [6, 6.07) is 6.85.